The van der Waals surface area contributed by atoms with E-state index in [1.54, 1.807) is 12.1 Å². The Labute approximate surface area is 132 Å². The molecule has 1 aromatic rings. The third kappa shape index (κ3) is 5.89. The summed E-state index contributed by atoms with van der Waals surface area (Å²) >= 11 is 0. The first-order valence-electron chi connectivity index (χ1n) is 7.03. The van der Waals surface area contributed by atoms with E-state index in [0.717, 1.165) is 17.6 Å². The summed E-state index contributed by atoms with van der Waals surface area (Å²) in [5, 5.41) is 2.60. The molecular weight excluding hydrogens is 300 g/mol. The Morgan fingerprint density at radius 1 is 1.23 bits per heavy atom. The summed E-state index contributed by atoms with van der Waals surface area (Å²) in [5.41, 5.74) is 1.78. The van der Waals surface area contributed by atoms with E-state index in [1.807, 2.05) is 32.4 Å². The average molecular weight is 324 g/mol. The van der Waals surface area contributed by atoms with Crippen LogP contribution in [0.25, 0.3) is 0 Å². The highest BCUT2D eigenvalue weighted by Crippen LogP contribution is 2.23. The molecule has 0 saturated carbocycles. The van der Waals surface area contributed by atoms with Crippen LogP contribution in [0.15, 0.2) is 41.3 Å². The molecule has 0 aromatic heterocycles. The fourth-order valence-corrected chi connectivity index (χ4v) is 3.06. The first kappa shape index (κ1) is 18.2. The fourth-order valence-electron chi connectivity index (χ4n) is 2.13. The maximum atomic E-state index is 12.1. The molecule has 0 aliphatic rings. The van der Waals surface area contributed by atoms with Gasteiger partial charge in [-0.15, -0.1) is 6.58 Å². The van der Waals surface area contributed by atoms with E-state index in [4.69, 9.17) is 0 Å². The molecule has 0 spiro atoms. The van der Waals surface area contributed by atoms with Crippen molar-refractivity contribution in [3.05, 3.63) is 42.0 Å². The van der Waals surface area contributed by atoms with Gasteiger partial charge in [0.1, 0.15) is 0 Å². The number of hydrogen-bond donors (Lipinski definition) is 2. The van der Waals surface area contributed by atoms with Crippen LogP contribution in [0.1, 0.15) is 32.8 Å². The molecule has 1 rings (SSSR count). The maximum Gasteiger partial charge on any atom is 0.328 e. The minimum Gasteiger partial charge on any atom is -0.337 e. The fraction of sp³-hybridized carbons (Fsp3) is 0.438. The molecule has 0 saturated heterocycles. The predicted octanol–water partition coefficient (Wildman–Crippen LogP) is 2.98. The zero-order chi connectivity index (χ0) is 17.0. The molecule has 0 atom stereocenters. The number of amides is 2. The molecule has 122 valence electrons. The van der Waals surface area contributed by atoms with E-state index in [2.05, 4.69) is 11.9 Å². The number of benzene rings is 1. The average Bonchev–Trinajstić information content (AvgIpc) is 2.35. The summed E-state index contributed by atoms with van der Waals surface area (Å²) in [5.74, 6) is 0. The molecule has 0 radical (unpaired) electrons. The highest BCUT2D eigenvalue weighted by atomic mass is 32.2. The van der Waals surface area contributed by atoms with Gasteiger partial charge in [-0.2, -0.15) is 0 Å². The zero-order valence-electron chi connectivity index (χ0n) is 13.6. The quantitative estimate of drug-likeness (QED) is 0.790. The van der Waals surface area contributed by atoms with Crippen LogP contribution in [0.5, 0.6) is 0 Å². The van der Waals surface area contributed by atoms with Crippen molar-refractivity contribution in [1.29, 1.82) is 0 Å². The van der Waals surface area contributed by atoms with E-state index >= 15 is 0 Å². The van der Waals surface area contributed by atoms with Crippen LogP contribution < -0.4 is 10.0 Å². The molecule has 0 bridgehead atoms. The number of rotatable bonds is 6. The summed E-state index contributed by atoms with van der Waals surface area (Å²) in [6, 6.07) is 5.58. The summed E-state index contributed by atoms with van der Waals surface area (Å²) in [4.78, 5) is 11.9. The first-order chi connectivity index (χ1) is 10.0. The highest BCUT2D eigenvalue weighted by molar-refractivity contribution is 7.90. The number of aryl methyl sites for hydroxylation is 1. The molecule has 22 heavy (non-hydrogen) atoms. The number of allylic oxidation sites excluding steroid dienone is 1. The van der Waals surface area contributed by atoms with Crippen molar-refractivity contribution < 1.29 is 13.2 Å². The van der Waals surface area contributed by atoms with Crippen molar-refractivity contribution in [1.82, 2.24) is 10.0 Å². The Morgan fingerprint density at radius 2 is 1.77 bits per heavy atom. The number of urea groups is 1. The third-order valence-electron chi connectivity index (χ3n) is 3.07. The van der Waals surface area contributed by atoms with Gasteiger partial charge in [-0.25, -0.2) is 17.9 Å². The van der Waals surface area contributed by atoms with Gasteiger partial charge in [0.05, 0.1) is 4.90 Å². The highest BCUT2D eigenvalue weighted by Gasteiger charge is 2.21. The third-order valence-corrected chi connectivity index (χ3v) is 4.41. The van der Waals surface area contributed by atoms with Crippen LogP contribution in [-0.2, 0) is 10.0 Å². The minimum absolute atomic E-state index is 0.0643. The molecular formula is C16H24N2O3S. The van der Waals surface area contributed by atoms with E-state index in [-0.39, 0.29) is 10.3 Å². The van der Waals surface area contributed by atoms with Crippen LogP contribution in [-0.4, -0.2) is 21.0 Å². The van der Waals surface area contributed by atoms with Crippen molar-refractivity contribution >= 4 is 16.1 Å². The van der Waals surface area contributed by atoms with Crippen LogP contribution in [0, 0.1) is 12.3 Å². The monoisotopic (exact) mass is 324 g/mol. The van der Waals surface area contributed by atoms with Crippen LogP contribution in [0.4, 0.5) is 4.79 Å². The van der Waals surface area contributed by atoms with Crippen molar-refractivity contribution in [3.63, 3.8) is 0 Å². The Hall–Kier alpha value is -1.82. The Morgan fingerprint density at radius 3 is 2.27 bits per heavy atom. The number of carbonyl (C=O) groups excluding carboxylic acids is 1. The van der Waals surface area contributed by atoms with Gasteiger partial charge < -0.3 is 5.32 Å². The predicted molar refractivity (Wildman–Crippen MR) is 88.1 cm³/mol. The molecule has 0 aliphatic carbocycles. The van der Waals surface area contributed by atoms with Crippen LogP contribution in [0.2, 0.25) is 0 Å². The molecule has 0 fully saturated rings. The second-order valence-corrected chi connectivity index (χ2v) is 8.08. The van der Waals surface area contributed by atoms with Gasteiger partial charge in [0.15, 0.2) is 0 Å². The number of nitrogens with one attached hydrogen (secondary N) is 2. The van der Waals surface area contributed by atoms with Gasteiger partial charge in [-0.05, 0) is 37.8 Å². The van der Waals surface area contributed by atoms with Gasteiger partial charge in [-0.1, -0.05) is 37.1 Å². The molecule has 1 aromatic carbocycles. The summed E-state index contributed by atoms with van der Waals surface area (Å²) < 4.78 is 26.2. The van der Waals surface area contributed by atoms with E-state index in [9.17, 15) is 13.2 Å². The summed E-state index contributed by atoms with van der Waals surface area (Å²) in [7, 11) is -3.85. The molecule has 5 nitrogen and oxygen atoms in total. The SMILES string of the molecule is C=C(C)CC(C)(C)CNC(=O)NS(=O)(=O)c1ccc(C)cc1. The van der Waals surface area contributed by atoms with Crippen molar-refractivity contribution in [2.45, 2.75) is 39.0 Å². The lowest BCUT2D eigenvalue weighted by molar-refractivity contribution is 0.238. The van der Waals surface area contributed by atoms with Crippen molar-refractivity contribution in [2.75, 3.05) is 6.54 Å². The Kier molecular flexibility index (Phi) is 5.77. The molecule has 2 N–H and O–H groups in total. The van der Waals surface area contributed by atoms with Gasteiger partial charge in [-0.3, -0.25) is 0 Å². The Balaban J connectivity index is 2.64. The normalized spacial score (nSPS) is 11.8. The van der Waals surface area contributed by atoms with Crippen LogP contribution >= 0.6 is 0 Å². The topological polar surface area (TPSA) is 75.3 Å². The molecule has 0 heterocycles. The smallest absolute Gasteiger partial charge is 0.328 e. The largest absolute Gasteiger partial charge is 0.337 e. The lowest BCUT2D eigenvalue weighted by Crippen LogP contribution is -2.43. The summed E-state index contributed by atoms with van der Waals surface area (Å²) in [6.07, 6.45) is 0.748. The van der Waals surface area contributed by atoms with Gasteiger partial charge in [0, 0.05) is 6.54 Å². The lowest BCUT2D eigenvalue weighted by Gasteiger charge is -2.25. The van der Waals surface area contributed by atoms with Gasteiger partial charge >= 0.3 is 6.03 Å². The lowest BCUT2D eigenvalue weighted by atomic mass is 9.86. The standard InChI is InChI=1S/C16H24N2O3S/c1-12(2)10-16(4,5)11-17-15(19)18-22(20,21)14-8-6-13(3)7-9-14/h6-9H,1,10-11H2,2-5H3,(H2,17,18,19). The van der Waals surface area contributed by atoms with Gasteiger partial charge in [0.2, 0.25) is 0 Å². The zero-order valence-corrected chi connectivity index (χ0v) is 14.4. The van der Waals surface area contributed by atoms with E-state index in [0.29, 0.717) is 6.54 Å². The second-order valence-electron chi connectivity index (χ2n) is 6.40. The molecule has 6 heteroatoms. The Bertz CT molecular complexity index is 646. The maximum absolute atomic E-state index is 12.1. The molecule has 0 unspecified atom stereocenters. The van der Waals surface area contributed by atoms with Gasteiger partial charge in [0.25, 0.3) is 10.0 Å². The second kappa shape index (κ2) is 6.96. The number of sulfonamides is 1. The van der Waals surface area contributed by atoms with E-state index in [1.165, 1.54) is 12.1 Å². The summed E-state index contributed by atoms with van der Waals surface area (Å²) in [6.45, 7) is 12.0. The molecule has 2 amide bonds. The number of hydrogen-bond acceptors (Lipinski definition) is 3. The van der Waals surface area contributed by atoms with Crippen molar-refractivity contribution in [2.24, 2.45) is 5.41 Å². The minimum atomic E-state index is -3.85. The first-order valence-corrected chi connectivity index (χ1v) is 8.52. The van der Waals surface area contributed by atoms with Crippen molar-refractivity contribution in [3.8, 4) is 0 Å². The van der Waals surface area contributed by atoms with E-state index < -0.39 is 16.1 Å². The molecule has 0 aliphatic heterocycles. The number of carbonyl (C=O) groups is 1. The van der Waals surface area contributed by atoms with Crippen LogP contribution in [0.3, 0.4) is 0 Å².